The number of hydrogen-bond donors (Lipinski definition) is 2. The van der Waals surface area contributed by atoms with Crippen molar-refractivity contribution in [2.24, 2.45) is 0 Å². The number of aliphatic hydroxyl groups excluding tert-OH is 2. The van der Waals surface area contributed by atoms with Gasteiger partial charge in [-0.25, -0.2) is 0 Å². The number of rotatable bonds is 6. The minimum absolute atomic E-state index is 0.328. The van der Waals surface area contributed by atoms with Crippen molar-refractivity contribution in [1.82, 2.24) is 0 Å². The summed E-state index contributed by atoms with van der Waals surface area (Å²) in [5.74, 6) is -1.20. The molecule has 0 spiro atoms. The van der Waals surface area contributed by atoms with Crippen molar-refractivity contribution in [1.29, 1.82) is 0 Å². The minimum atomic E-state index is -1.20. The molecule has 0 saturated carbocycles. The molecule has 0 fully saturated rings. The maximum atomic E-state index is 8.83. The van der Waals surface area contributed by atoms with Crippen LogP contribution in [-0.2, 0) is 9.47 Å². The van der Waals surface area contributed by atoms with Crippen molar-refractivity contribution < 1.29 is 19.7 Å². The van der Waals surface area contributed by atoms with E-state index < -0.39 is 5.79 Å². The Balaban J connectivity index is 3.96. The first-order valence-corrected chi connectivity index (χ1v) is 3.74. The Labute approximate surface area is 66.7 Å². The van der Waals surface area contributed by atoms with Gasteiger partial charge in [-0.1, -0.05) is 0 Å². The lowest BCUT2D eigenvalue weighted by molar-refractivity contribution is -0.266. The van der Waals surface area contributed by atoms with Crippen molar-refractivity contribution in [3.8, 4) is 0 Å². The molecule has 0 aliphatic heterocycles. The lowest BCUT2D eigenvalue weighted by Gasteiger charge is -2.28. The summed E-state index contributed by atoms with van der Waals surface area (Å²) in [6, 6.07) is 0. The van der Waals surface area contributed by atoms with E-state index in [1.165, 1.54) is 0 Å². The zero-order valence-corrected chi connectivity index (χ0v) is 7.04. The van der Waals surface area contributed by atoms with Crippen LogP contribution in [0.15, 0.2) is 0 Å². The van der Waals surface area contributed by atoms with Crippen molar-refractivity contribution in [2.75, 3.05) is 26.4 Å². The van der Waals surface area contributed by atoms with Gasteiger partial charge >= 0.3 is 0 Å². The summed E-state index contributed by atoms with van der Waals surface area (Å²) in [4.78, 5) is 0. The van der Waals surface area contributed by atoms with Crippen LogP contribution in [0, 0.1) is 0 Å². The summed E-state index contributed by atoms with van der Waals surface area (Å²) in [6.07, 6.45) is 0. The molecule has 68 valence electrons. The van der Waals surface area contributed by atoms with Gasteiger partial charge in [0, 0.05) is 13.2 Å². The van der Waals surface area contributed by atoms with E-state index in [1.807, 2.05) is 0 Å². The van der Waals surface area contributed by atoms with Crippen LogP contribution in [0.1, 0.15) is 13.8 Å². The summed E-state index contributed by atoms with van der Waals surface area (Å²) < 4.78 is 10.1. The second kappa shape index (κ2) is 5.49. The highest BCUT2D eigenvalue weighted by atomic mass is 16.7. The minimum Gasteiger partial charge on any atom is -0.391 e. The molecule has 4 heteroatoms. The normalized spacial score (nSPS) is 12.0. The molecule has 0 rings (SSSR count). The summed E-state index contributed by atoms with van der Waals surface area (Å²) in [7, 11) is 0. The van der Waals surface area contributed by atoms with Crippen LogP contribution in [0.4, 0.5) is 0 Å². The molecule has 0 saturated heterocycles. The second-order valence-corrected chi connectivity index (χ2v) is 2.09. The highest BCUT2D eigenvalue weighted by molar-refractivity contribution is 4.65. The van der Waals surface area contributed by atoms with E-state index in [1.54, 1.807) is 13.8 Å². The Morgan fingerprint density at radius 2 is 1.36 bits per heavy atom. The Morgan fingerprint density at radius 3 is 1.55 bits per heavy atom. The average Bonchev–Trinajstić information content (AvgIpc) is 2.04. The van der Waals surface area contributed by atoms with Gasteiger partial charge in [0.2, 0.25) is 5.79 Å². The fourth-order valence-electron chi connectivity index (χ4n) is 0.800. The molecule has 0 amide bonds. The third-order valence-electron chi connectivity index (χ3n) is 1.30. The largest absolute Gasteiger partial charge is 0.391 e. The van der Waals surface area contributed by atoms with Crippen LogP contribution in [0.25, 0.3) is 0 Å². The van der Waals surface area contributed by atoms with E-state index in [-0.39, 0.29) is 13.2 Å². The van der Waals surface area contributed by atoms with E-state index in [4.69, 9.17) is 19.7 Å². The Bertz CT molecular complexity index is 82.4. The molecular formula is C7H16O4. The average molecular weight is 164 g/mol. The Kier molecular flexibility index (Phi) is 5.41. The Morgan fingerprint density at radius 1 is 1.00 bits per heavy atom. The quantitative estimate of drug-likeness (QED) is 0.531. The van der Waals surface area contributed by atoms with Gasteiger partial charge in [0.15, 0.2) is 0 Å². The van der Waals surface area contributed by atoms with Gasteiger partial charge in [0.05, 0.1) is 13.2 Å². The van der Waals surface area contributed by atoms with Gasteiger partial charge in [-0.3, -0.25) is 0 Å². The van der Waals surface area contributed by atoms with Crippen molar-refractivity contribution in [2.45, 2.75) is 19.6 Å². The van der Waals surface area contributed by atoms with Crippen LogP contribution in [0.2, 0.25) is 0 Å². The standard InChI is InChI=1S/C7H16O4/c1-3-10-7(5-8,6-9)11-4-2/h8-9H,3-6H2,1-2H3. The van der Waals surface area contributed by atoms with Crippen molar-refractivity contribution in [3.05, 3.63) is 0 Å². The predicted octanol–water partition coefficient (Wildman–Crippen LogP) is -0.260. The van der Waals surface area contributed by atoms with Gasteiger partial charge in [0.1, 0.15) is 0 Å². The molecule has 0 aromatic rings. The molecular weight excluding hydrogens is 148 g/mol. The fourth-order valence-corrected chi connectivity index (χ4v) is 0.800. The molecule has 0 aliphatic carbocycles. The molecule has 0 bridgehead atoms. The molecule has 0 radical (unpaired) electrons. The van der Waals surface area contributed by atoms with Crippen LogP contribution in [-0.4, -0.2) is 42.4 Å². The third-order valence-corrected chi connectivity index (χ3v) is 1.30. The summed E-state index contributed by atoms with van der Waals surface area (Å²) in [6.45, 7) is 3.71. The van der Waals surface area contributed by atoms with Gasteiger partial charge in [-0.2, -0.15) is 0 Å². The topological polar surface area (TPSA) is 58.9 Å². The van der Waals surface area contributed by atoms with Crippen molar-refractivity contribution in [3.63, 3.8) is 0 Å². The van der Waals surface area contributed by atoms with E-state index in [0.29, 0.717) is 13.2 Å². The molecule has 2 N–H and O–H groups in total. The van der Waals surface area contributed by atoms with Crippen molar-refractivity contribution >= 4 is 0 Å². The van der Waals surface area contributed by atoms with E-state index in [0.717, 1.165) is 0 Å². The zero-order valence-electron chi connectivity index (χ0n) is 7.04. The first-order valence-electron chi connectivity index (χ1n) is 3.74. The lowest BCUT2D eigenvalue weighted by Crippen LogP contribution is -2.43. The first kappa shape index (κ1) is 10.8. The zero-order chi connectivity index (χ0) is 8.74. The van der Waals surface area contributed by atoms with Gasteiger partial charge in [0.25, 0.3) is 0 Å². The second-order valence-electron chi connectivity index (χ2n) is 2.09. The summed E-state index contributed by atoms with van der Waals surface area (Å²) >= 11 is 0. The number of ether oxygens (including phenoxy) is 2. The highest BCUT2D eigenvalue weighted by Gasteiger charge is 2.29. The van der Waals surface area contributed by atoms with Crippen LogP contribution >= 0.6 is 0 Å². The maximum absolute atomic E-state index is 8.83. The molecule has 11 heavy (non-hydrogen) atoms. The molecule has 0 heterocycles. The smallest absolute Gasteiger partial charge is 0.215 e. The van der Waals surface area contributed by atoms with Gasteiger partial charge in [-0.15, -0.1) is 0 Å². The molecule has 0 aromatic heterocycles. The molecule has 0 aromatic carbocycles. The van der Waals surface area contributed by atoms with E-state index in [2.05, 4.69) is 0 Å². The SMILES string of the molecule is CCOC(CO)(CO)OCC. The number of aliphatic hydroxyl groups is 2. The highest BCUT2D eigenvalue weighted by Crippen LogP contribution is 2.10. The summed E-state index contributed by atoms with van der Waals surface area (Å²) in [5.41, 5.74) is 0. The predicted molar refractivity (Wildman–Crippen MR) is 40.2 cm³/mol. The van der Waals surface area contributed by atoms with E-state index >= 15 is 0 Å². The molecule has 0 aliphatic rings. The monoisotopic (exact) mass is 164 g/mol. The van der Waals surface area contributed by atoms with Crippen LogP contribution < -0.4 is 0 Å². The molecule has 0 unspecified atom stereocenters. The molecule has 0 atom stereocenters. The number of hydrogen-bond acceptors (Lipinski definition) is 4. The maximum Gasteiger partial charge on any atom is 0.215 e. The lowest BCUT2D eigenvalue weighted by atomic mass is 10.3. The third kappa shape index (κ3) is 3.16. The van der Waals surface area contributed by atoms with Gasteiger partial charge in [-0.05, 0) is 13.8 Å². The first-order chi connectivity index (χ1) is 5.24. The van der Waals surface area contributed by atoms with Crippen LogP contribution in [0.3, 0.4) is 0 Å². The van der Waals surface area contributed by atoms with Crippen LogP contribution in [0.5, 0.6) is 0 Å². The van der Waals surface area contributed by atoms with E-state index in [9.17, 15) is 0 Å². The summed E-state index contributed by atoms with van der Waals surface area (Å²) in [5, 5.41) is 17.7. The fraction of sp³-hybridized carbons (Fsp3) is 1.00. The Hall–Kier alpha value is -0.160. The van der Waals surface area contributed by atoms with Gasteiger partial charge < -0.3 is 19.7 Å². The molecule has 4 nitrogen and oxygen atoms in total.